The van der Waals surface area contributed by atoms with E-state index in [0.717, 1.165) is 37.3 Å². The van der Waals surface area contributed by atoms with Crippen LogP contribution in [0.3, 0.4) is 0 Å². The second-order valence-electron chi connectivity index (χ2n) is 6.75. The zero-order chi connectivity index (χ0) is 13.9. The molecule has 3 nitrogen and oxygen atoms in total. The second-order valence-corrected chi connectivity index (χ2v) is 6.75. The normalized spacial score (nSPS) is 30.0. The van der Waals surface area contributed by atoms with Gasteiger partial charge in [0.05, 0.1) is 11.7 Å². The van der Waals surface area contributed by atoms with Crippen molar-refractivity contribution in [2.75, 3.05) is 6.54 Å². The highest BCUT2D eigenvalue weighted by atomic mass is 15.3. The summed E-state index contributed by atoms with van der Waals surface area (Å²) >= 11 is 0. The van der Waals surface area contributed by atoms with Crippen molar-refractivity contribution in [1.82, 2.24) is 15.1 Å². The van der Waals surface area contributed by atoms with E-state index in [2.05, 4.69) is 35.0 Å². The predicted molar refractivity (Wildman–Crippen MR) is 82.5 cm³/mol. The van der Waals surface area contributed by atoms with Gasteiger partial charge in [-0.3, -0.25) is 4.68 Å². The minimum absolute atomic E-state index is 0.527. The third kappa shape index (κ3) is 2.65. The Morgan fingerprint density at radius 3 is 2.85 bits per heavy atom. The molecule has 4 atom stereocenters. The zero-order valence-electron chi connectivity index (χ0n) is 13.0. The highest BCUT2D eigenvalue weighted by Crippen LogP contribution is 2.52. The summed E-state index contributed by atoms with van der Waals surface area (Å²) in [6.07, 6.45) is 10.2. The Hall–Kier alpha value is -0.830. The molecule has 2 bridgehead atoms. The summed E-state index contributed by atoms with van der Waals surface area (Å²) in [7, 11) is 0. The van der Waals surface area contributed by atoms with Crippen LogP contribution >= 0.6 is 0 Å². The van der Waals surface area contributed by atoms with Crippen molar-refractivity contribution < 1.29 is 0 Å². The van der Waals surface area contributed by atoms with E-state index in [1.54, 1.807) is 0 Å². The lowest BCUT2D eigenvalue weighted by molar-refractivity contribution is 0.241. The lowest BCUT2D eigenvalue weighted by Crippen LogP contribution is -2.33. The summed E-state index contributed by atoms with van der Waals surface area (Å²) in [5.74, 6) is 2.81. The first-order valence-corrected chi connectivity index (χ1v) is 8.58. The molecule has 0 aliphatic heterocycles. The van der Waals surface area contributed by atoms with E-state index in [-0.39, 0.29) is 0 Å². The molecule has 2 aliphatic carbocycles. The van der Waals surface area contributed by atoms with Crippen LogP contribution in [0.5, 0.6) is 0 Å². The summed E-state index contributed by atoms with van der Waals surface area (Å²) in [4.78, 5) is 0. The first-order valence-electron chi connectivity index (χ1n) is 8.58. The summed E-state index contributed by atoms with van der Waals surface area (Å²) in [5, 5.41) is 8.38. The minimum Gasteiger partial charge on any atom is -0.308 e. The maximum absolute atomic E-state index is 4.55. The Balaban J connectivity index is 1.80. The van der Waals surface area contributed by atoms with Gasteiger partial charge in [0.2, 0.25) is 0 Å². The van der Waals surface area contributed by atoms with Crippen LogP contribution in [0.25, 0.3) is 0 Å². The molecule has 0 spiro atoms. The fraction of sp³-hybridized carbons (Fsp3) is 0.824. The van der Waals surface area contributed by atoms with E-state index in [1.165, 1.54) is 37.8 Å². The van der Waals surface area contributed by atoms with Gasteiger partial charge in [0.15, 0.2) is 0 Å². The molecule has 1 heterocycles. The molecule has 0 radical (unpaired) electrons. The summed E-state index contributed by atoms with van der Waals surface area (Å²) in [5.41, 5.74) is 1.43. The van der Waals surface area contributed by atoms with Crippen molar-refractivity contribution in [2.24, 2.45) is 17.8 Å². The van der Waals surface area contributed by atoms with E-state index in [0.29, 0.717) is 6.04 Å². The van der Waals surface area contributed by atoms with Gasteiger partial charge in [0.25, 0.3) is 0 Å². The SMILES string of the molecule is CCCNC(c1ccnn1CCC)C1CC2CCC1C2. The molecular weight excluding hydrogens is 246 g/mol. The number of nitrogens with one attached hydrogen (secondary N) is 1. The van der Waals surface area contributed by atoms with Gasteiger partial charge in [0, 0.05) is 12.7 Å². The molecule has 0 aromatic carbocycles. The molecule has 2 aliphatic rings. The highest BCUT2D eigenvalue weighted by molar-refractivity contribution is 5.12. The standard InChI is InChI=1S/C17H29N3/c1-3-8-18-17(15-12-13-5-6-14(15)11-13)16-7-9-19-20(16)10-4-2/h7,9,13-15,17-18H,3-6,8,10-12H2,1-2H3. The largest absolute Gasteiger partial charge is 0.308 e. The van der Waals surface area contributed by atoms with Crippen molar-refractivity contribution in [3.63, 3.8) is 0 Å². The quantitative estimate of drug-likeness (QED) is 0.821. The van der Waals surface area contributed by atoms with E-state index >= 15 is 0 Å². The third-order valence-corrected chi connectivity index (χ3v) is 5.34. The van der Waals surface area contributed by atoms with Crippen LogP contribution in [-0.4, -0.2) is 16.3 Å². The monoisotopic (exact) mass is 275 g/mol. The Bertz CT molecular complexity index is 426. The van der Waals surface area contributed by atoms with E-state index < -0.39 is 0 Å². The van der Waals surface area contributed by atoms with Crippen molar-refractivity contribution in [3.8, 4) is 0 Å². The van der Waals surface area contributed by atoms with Crippen molar-refractivity contribution >= 4 is 0 Å². The number of nitrogens with zero attached hydrogens (tertiary/aromatic N) is 2. The molecule has 112 valence electrons. The van der Waals surface area contributed by atoms with E-state index in [1.807, 2.05) is 6.20 Å². The van der Waals surface area contributed by atoms with Crippen LogP contribution in [0.15, 0.2) is 12.3 Å². The fourth-order valence-corrected chi connectivity index (χ4v) is 4.48. The molecule has 2 saturated carbocycles. The van der Waals surface area contributed by atoms with Crippen molar-refractivity contribution in [2.45, 2.75) is 65.0 Å². The molecule has 0 saturated heterocycles. The molecule has 1 N–H and O–H groups in total. The van der Waals surface area contributed by atoms with Gasteiger partial charge in [-0.25, -0.2) is 0 Å². The minimum atomic E-state index is 0.527. The van der Waals surface area contributed by atoms with Crippen LogP contribution in [0.2, 0.25) is 0 Å². The molecule has 1 aromatic rings. The number of aryl methyl sites for hydroxylation is 1. The molecule has 2 fully saturated rings. The Morgan fingerprint density at radius 1 is 1.30 bits per heavy atom. The van der Waals surface area contributed by atoms with Gasteiger partial charge in [0.1, 0.15) is 0 Å². The van der Waals surface area contributed by atoms with Gasteiger partial charge in [-0.15, -0.1) is 0 Å². The maximum atomic E-state index is 4.55. The first kappa shape index (κ1) is 14.1. The van der Waals surface area contributed by atoms with Crippen LogP contribution in [-0.2, 0) is 6.54 Å². The topological polar surface area (TPSA) is 29.9 Å². The molecule has 3 heteroatoms. The summed E-state index contributed by atoms with van der Waals surface area (Å²) in [6, 6.07) is 2.77. The summed E-state index contributed by atoms with van der Waals surface area (Å²) in [6.45, 7) is 6.66. The lowest BCUT2D eigenvalue weighted by Gasteiger charge is -2.32. The number of aromatic nitrogens is 2. The molecule has 4 unspecified atom stereocenters. The average Bonchev–Trinajstić information content (AvgIpc) is 3.16. The molecular formula is C17H29N3. The molecule has 20 heavy (non-hydrogen) atoms. The van der Waals surface area contributed by atoms with Gasteiger partial charge in [-0.2, -0.15) is 5.10 Å². The van der Waals surface area contributed by atoms with Crippen molar-refractivity contribution in [1.29, 1.82) is 0 Å². The van der Waals surface area contributed by atoms with Crippen LogP contribution in [0.1, 0.15) is 64.1 Å². The highest BCUT2D eigenvalue weighted by Gasteiger charge is 2.43. The van der Waals surface area contributed by atoms with E-state index in [4.69, 9.17) is 0 Å². The first-order chi connectivity index (χ1) is 9.83. The second kappa shape index (κ2) is 6.30. The van der Waals surface area contributed by atoms with Gasteiger partial charge >= 0.3 is 0 Å². The molecule has 3 rings (SSSR count). The smallest absolute Gasteiger partial charge is 0.0556 e. The van der Waals surface area contributed by atoms with Crippen molar-refractivity contribution in [3.05, 3.63) is 18.0 Å². The Morgan fingerprint density at radius 2 is 2.20 bits per heavy atom. The van der Waals surface area contributed by atoms with Gasteiger partial charge in [-0.05, 0) is 62.5 Å². The lowest BCUT2D eigenvalue weighted by atomic mass is 9.82. The number of hydrogen-bond donors (Lipinski definition) is 1. The number of fused-ring (bicyclic) bond motifs is 2. The Labute approximate surface area is 123 Å². The third-order valence-electron chi connectivity index (χ3n) is 5.34. The fourth-order valence-electron chi connectivity index (χ4n) is 4.48. The van der Waals surface area contributed by atoms with E-state index in [9.17, 15) is 0 Å². The van der Waals surface area contributed by atoms with Crippen LogP contribution in [0.4, 0.5) is 0 Å². The zero-order valence-corrected chi connectivity index (χ0v) is 13.0. The predicted octanol–water partition coefficient (Wildman–Crippen LogP) is 3.77. The summed E-state index contributed by atoms with van der Waals surface area (Å²) < 4.78 is 2.24. The van der Waals surface area contributed by atoms with Crippen LogP contribution < -0.4 is 5.32 Å². The number of hydrogen-bond acceptors (Lipinski definition) is 2. The Kier molecular flexibility index (Phi) is 4.45. The average molecular weight is 275 g/mol. The van der Waals surface area contributed by atoms with Crippen LogP contribution in [0, 0.1) is 17.8 Å². The van der Waals surface area contributed by atoms with Gasteiger partial charge in [-0.1, -0.05) is 20.3 Å². The number of rotatable bonds is 7. The van der Waals surface area contributed by atoms with Gasteiger partial charge < -0.3 is 5.32 Å². The molecule has 1 aromatic heterocycles. The molecule has 0 amide bonds. The maximum Gasteiger partial charge on any atom is 0.0556 e.